The number of hydrogen-bond donors (Lipinski definition) is 1. The summed E-state index contributed by atoms with van der Waals surface area (Å²) < 4.78 is 5.37. The maximum atomic E-state index is 6.14. The maximum Gasteiger partial charge on any atom is 0.122 e. The zero-order chi connectivity index (χ0) is 13.7. The quantitative estimate of drug-likeness (QED) is 0.874. The van der Waals surface area contributed by atoms with Gasteiger partial charge in [0.2, 0.25) is 0 Å². The third kappa shape index (κ3) is 3.65. The Bertz CT molecular complexity index is 542. The Labute approximate surface area is 119 Å². The molecule has 2 aromatic rings. The fourth-order valence-corrected chi connectivity index (χ4v) is 2.29. The number of hydrogen-bond acceptors (Lipinski definition) is 2. The molecule has 0 saturated heterocycles. The molecule has 0 spiro atoms. The molecule has 1 N–H and O–H groups in total. The van der Waals surface area contributed by atoms with Crippen molar-refractivity contribution in [3.8, 4) is 5.75 Å². The topological polar surface area (TPSA) is 21.3 Å². The highest BCUT2D eigenvalue weighted by molar-refractivity contribution is 6.33. The van der Waals surface area contributed by atoms with Crippen molar-refractivity contribution in [1.29, 1.82) is 0 Å². The summed E-state index contributed by atoms with van der Waals surface area (Å²) in [6, 6.07) is 16.1. The minimum Gasteiger partial charge on any atom is -0.496 e. The Balaban J connectivity index is 2.05. The number of para-hydroxylation sites is 2. The molecule has 2 aromatic carbocycles. The Morgan fingerprint density at radius 1 is 1.11 bits per heavy atom. The van der Waals surface area contributed by atoms with Crippen molar-refractivity contribution in [2.45, 2.75) is 19.4 Å². The van der Waals surface area contributed by atoms with E-state index in [2.05, 4.69) is 18.3 Å². The minimum atomic E-state index is 0.274. The number of anilines is 1. The number of nitrogens with one attached hydrogen (secondary N) is 1. The Morgan fingerprint density at radius 3 is 2.53 bits per heavy atom. The summed E-state index contributed by atoms with van der Waals surface area (Å²) in [5.41, 5.74) is 2.16. The Morgan fingerprint density at radius 2 is 1.79 bits per heavy atom. The predicted molar refractivity (Wildman–Crippen MR) is 81.2 cm³/mol. The summed E-state index contributed by atoms with van der Waals surface area (Å²) in [5, 5.41) is 4.17. The van der Waals surface area contributed by atoms with Gasteiger partial charge < -0.3 is 10.1 Å². The van der Waals surface area contributed by atoms with E-state index >= 15 is 0 Å². The summed E-state index contributed by atoms with van der Waals surface area (Å²) in [5.74, 6) is 0.926. The molecule has 0 aromatic heterocycles. The van der Waals surface area contributed by atoms with Gasteiger partial charge in [-0.25, -0.2) is 0 Å². The van der Waals surface area contributed by atoms with Gasteiger partial charge in [-0.3, -0.25) is 0 Å². The summed E-state index contributed by atoms with van der Waals surface area (Å²) in [4.78, 5) is 0. The molecule has 0 heterocycles. The van der Waals surface area contributed by atoms with Gasteiger partial charge in [0.25, 0.3) is 0 Å². The molecule has 19 heavy (non-hydrogen) atoms. The van der Waals surface area contributed by atoms with Crippen molar-refractivity contribution in [3.63, 3.8) is 0 Å². The van der Waals surface area contributed by atoms with Gasteiger partial charge in [-0.15, -0.1) is 0 Å². The lowest BCUT2D eigenvalue weighted by Crippen LogP contribution is -2.18. The van der Waals surface area contributed by atoms with Crippen LogP contribution in [-0.4, -0.2) is 13.2 Å². The minimum absolute atomic E-state index is 0.274. The number of benzene rings is 2. The second-order valence-corrected chi connectivity index (χ2v) is 4.95. The van der Waals surface area contributed by atoms with Gasteiger partial charge in [0, 0.05) is 6.04 Å². The molecule has 3 heteroatoms. The lowest BCUT2D eigenvalue weighted by molar-refractivity contribution is 0.409. The van der Waals surface area contributed by atoms with Crippen LogP contribution in [0.25, 0.3) is 0 Å². The molecule has 0 radical (unpaired) electrons. The van der Waals surface area contributed by atoms with Crippen molar-refractivity contribution < 1.29 is 4.74 Å². The molecule has 1 unspecified atom stereocenters. The lowest BCUT2D eigenvalue weighted by atomic mass is 10.1. The third-order valence-corrected chi connectivity index (χ3v) is 3.32. The molecule has 0 aliphatic heterocycles. The van der Waals surface area contributed by atoms with Crippen molar-refractivity contribution >= 4 is 17.3 Å². The second-order valence-electron chi connectivity index (χ2n) is 4.54. The van der Waals surface area contributed by atoms with E-state index in [4.69, 9.17) is 16.3 Å². The zero-order valence-electron chi connectivity index (χ0n) is 11.2. The Kier molecular flexibility index (Phi) is 4.69. The van der Waals surface area contributed by atoms with Crippen molar-refractivity contribution in [3.05, 3.63) is 59.1 Å². The van der Waals surface area contributed by atoms with Crippen LogP contribution in [0.15, 0.2) is 48.5 Å². The molecular formula is C16H18ClNO. The molecule has 1 atom stereocenters. The SMILES string of the molecule is COc1ccccc1CC(C)Nc1ccccc1Cl. The zero-order valence-corrected chi connectivity index (χ0v) is 11.9. The van der Waals surface area contributed by atoms with E-state index in [0.717, 1.165) is 22.9 Å². The number of rotatable bonds is 5. The van der Waals surface area contributed by atoms with Gasteiger partial charge in [0.1, 0.15) is 5.75 Å². The fraction of sp³-hybridized carbons (Fsp3) is 0.250. The van der Waals surface area contributed by atoms with Gasteiger partial charge >= 0.3 is 0 Å². The molecule has 2 rings (SSSR count). The summed E-state index contributed by atoms with van der Waals surface area (Å²) in [6.45, 7) is 2.13. The van der Waals surface area contributed by atoms with E-state index in [1.54, 1.807) is 7.11 Å². The van der Waals surface area contributed by atoms with Gasteiger partial charge in [0.15, 0.2) is 0 Å². The van der Waals surface area contributed by atoms with Crippen LogP contribution in [0.4, 0.5) is 5.69 Å². The molecule has 100 valence electrons. The van der Waals surface area contributed by atoms with E-state index in [-0.39, 0.29) is 6.04 Å². The highest BCUT2D eigenvalue weighted by Gasteiger charge is 2.09. The second kappa shape index (κ2) is 6.48. The van der Waals surface area contributed by atoms with E-state index < -0.39 is 0 Å². The van der Waals surface area contributed by atoms with Gasteiger partial charge in [0.05, 0.1) is 17.8 Å². The molecule has 0 aliphatic carbocycles. The molecule has 0 aliphatic rings. The molecule has 0 saturated carbocycles. The van der Waals surface area contributed by atoms with Crippen LogP contribution in [0, 0.1) is 0 Å². The largest absolute Gasteiger partial charge is 0.496 e. The molecular weight excluding hydrogens is 258 g/mol. The maximum absolute atomic E-state index is 6.14. The summed E-state index contributed by atoms with van der Waals surface area (Å²) in [7, 11) is 1.70. The molecule has 0 fully saturated rings. The standard InChI is InChI=1S/C16H18ClNO/c1-12(18-15-9-5-4-8-14(15)17)11-13-7-3-6-10-16(13)19-2/h3-10,12,18H,11H2,1-2H3. The van der Waals surface area contributed by atoms with Crippen molar-refractivity contribution in [2.24, 2.45) is 0 Å². The van der Waals surface area contributed by atoms with Crippen molar-refractivity contribution in [2.75, 3.05) is 12.4 Å². The first-order chi connectivity index (χ1) is 9.20. The summed E-state index contributed by atoms with van der Waals surface area (Å²) in [6.07, 6.45) is 0.884. The number of ether oxygens (including phenoxy) is 1. The van der Waals surface area contributed by atoms with Crippen LogP contribution in [0.1, 0.15) is 12.5 Å². The first kappa shape index (κ1) is 13.8. The van der Waals surface area contributed by atoms with E-state index in [1.807, 2.05) is 42.5 Å². The first-order valence-electron chi connectivity index (χ1n) is 6.33. The molecule has 0 bridgehead atoms. The van der Waals surface area contributed by atoms with Gasteiger partial charge in [-0.05, 0) is 37.1 Å². The van der Waals surface area contributed by atoms with Crippen LogP contribution in [0.2, 0.25) is 5.02 Å². The van der Waals surface area contributed by atoms with Crippen LogP contribution >= 0.6 is 11.6 Å². The smallest absolute Gasteiger partial charge is 0.122 e. The molecule has 0 amide bonds. The Hall–Kier alpha value is -1.67. The van der Waals surface area contributed by atoms with Crippen LogP contribution < -0.4 is 10.1 Å². The average Bonchev–Trinajstić information content (AvgIpc) is 2.42. The molecule has 2 nitrogen and oxygen atoms in total. The highest BCUT2D eigenvalue weighted by Crippen LogP contribution is 2.24. The van der Waals surface area contributed by atoms with Crippen LogP contribution in [0.3, 0.4) is 0 Å². The lowest BCUT2D eigenvalue weighted by Gasteiger charge is -2.17. The number of halogens is 1. The summed E-state index contributed by atoms with van der Waals surface area (Å²) >= 11 is 6.14. The average molecular weight is 276 g/mol. The van der Waals surface area contributed by atoms with Gasteiger partial charge in [-0.2, -0.15) is 0 Å². The van der Waals surface area contributed by atoms with E-state index in [9.17, 15) is 0 Å². The predicted octanol–water partition coefficient (Wildman–Crippen LogP) is 4.39. The first-order valence-corrected chi connectivity index (χ1v) is 6.71. The normalized spacial score (nSPS) is 11.9. The fourth-order valence-electron chi connectivity index (χ4n) is 2.10. The van der Waals surface area contributed by atoms with Crippen LogP contribution in [-0.2, 0) is 6.42 Å². The van der Waals surface area contributed by atoms with Crippen LogP contribution in [0.5, 0.6) is 5.75 Å². The van der Waals surface area contributed by atoms with E-state index in [0.29, 0.717) is 0 Å². The van der Waals surface area contributed by atoms with Gasteiger partial charge in [-0.1, -0.05) is 41.9 Å². The highest BCUT2D eigenvalue weighted by atomic mass is 35.5. The third-order valence-electron chi connectivity index (χ3n) is 2.99. The van der Waals surface area contributed by atoms with Crippen molar-refractivity contribution in [1.82, 2.24) is 0 Å². The number of methoxy groups -OCH3 is 1. The monoisotopic (exact) mass is 275 g/mol. The van der Waals surface area contributed by atoms with E-state index in [1.165, 1.54) is 5.56 Å².